The normalized spacial score (nSPS) is 14.6. The maximum Gasteiger partial charge on any atom is 0.191 e. The first kappa shape index (κ1) is 21.3. The number of aliphatic imine (C=N–C) groups is 1. The second-order valence-electron chi connectivity index (χ2n) is 6.35. The standard InChI is InChI=1S/C21H33N3O3/c1-3-26-14-4-12-22-21(23-13-9-18-10-15-27-16-11-18)24-17-19-5-7-20(25-2)8-6-19/h5-8,10H,3-4,9,11-17H2,1-2H3,(H2,22,23,24). The van der Waals surface area contributed by atoms with Gasteiger partial charge in [0.2, 0.25) is 0 Å². The number of nitrogens with zero attached hydrogens (tertiary/aromatic N) is 1. The summed E-state index contributed by atoms with van der Waals surface area (Å²) in [7, 11) is 1.68. The van der Waals surface area contributed by atoms with Crippen LogP contribution in [0.2, 0.25) is 0 Å². The van der Waals surface area contributed by atoms with Crippen LogP contribution in [-0.2, 0) is 16.0 Å². The molecule has 0 saturated heterocycles. The first-order chi connectivity index (χ1) is 13.3. The van der Waals surface area contributed by atoms with Crippen LogP contribution in [0.15, 0.2) is 40.9 Å². The van der Waals surface area contributed by atoms with E-state index in [1.807, 2.05) is 31.2 Å². The molecule has 1 aliphatic rings. The molecule has 0 radical (unpaired) electrons. The van der Waals surface area contributed by atoms with E-state index in [0.717, 1.165) is 76.1 Å². The molecule has 0 amide bonds. The first-order valence-electron chi connectivity index (χ1n) is 9.80. The molecule has 0 aliphatic carbocycles. The van der Waals surface area contributed by atoms with E-state index in [9.17, 15) is 0 Å². The van der Waals surface area contributed by atoms with E-state index >= 15 is 0 Å². The lowest BCUT2D eigenvalue weighted by Crippen LogP contribution is -2.39. The Balaban J connectivity index is 1.83. The Hall–Kier alpha value is -2.05. The van der Waals surface area contributed by atoms with Gasteiger partial charge >= 0.3 is 0 Å². The smallest absolute Gasteiger partial charge is 0.191 e. The Bertz CT molecular complexity index is 585. The molecule has 0 fully saturated rings. The van der Waals surface area contributed by atoms with Crippen molar-refractivity contribution in [3.05, 3.63) is 41.5 Å². The summed E-state index contributed by atoms with van der Waals surface area (Å²) in [6.07, 6.45) is 5.20. The van der Waals surface area contributed by atoms with Crippen LogP contribution in [0.3, 0.4) is 0 Å². The predicted molar refractivity (Wildman–Crippen MR) is 109 cm³/mol. The van der Waals surface area contributed by atoms with Gasteiger partial charge in [0, 0.05) is 26.3 Å². The highest BCUT2D eigenvalue weighted by Crippen LogP contribution is 2.12. The van der Waals surface area contributed by atoms with Crippen LogP contribution in [0.25, 0.3) is 0 Å². The largest absolute Gasteiger partial charge is 0.497 e. The number of methoxy groups -OCH3 is 1. The lowest BCUT2D eigenvalue weighted by atomic mass is 10.1. The average Bonchev–Trinajstić information content (AvgIpc) is 2.72. The SMILES string of the molecule is CCOCCCNC(=NCc1ccc(OC)cc1)NCCC1=CCOCC1. The molecule has 0 spiro atoms. The number of hydrogen-bond donors (Lipinski definition) is 2. The zero-order valence-electron chi connectivity index (χ0n) is 16.6. The molecule has 2 N–H and O–H groups in total. The summed E-state index contributed by atoms with van der Waals surface area (Å²) in [6.45, 7) is 7.45. The third-order valence-corrected chi connectivity index (χ3v) is 4.34. The minimum Gasteiger partial charge on any atom is -0.497 e. The summed E-state index contributed by atoms with van der Waals surface area (Å²) >= 11 is 0. The zero-order chi connectivity index (χ0) is 19.2. The molecular weight excluding hydrogens is 342 g/mol. The zero-order valence-corrected chi connectivity index (χ0v) is 16.6. The van der Waals surface area contributed by atoms with E-state index < -0.39 is 0 Å². The van der Waals surface area contributed by atoms with Crippen LogP contribution in [0.4, 0.5) is 0 Å². The van der Waals surface area contributed by atoms with E-state index in [-0.39, 0.29) is 0 Å². The summed E-state index contributed by atoms with van der Waals surface area (Å²) in [4.78, 5) is 4.72. The molecule has 6 nitrogen and oxygen atoms in total. The summed E-state index contributed by atoms with van der Waals surface area (Å²) in [5.41, 5.74) is 2.61. The van der Waals surface area contributed by atoms with Gasteiger partial charge in [0.25, 0.3) is 0 Å². The molecule has 1 aliphatic heterocycles. The fourth-order valence-electron chi connectivity index (χ4n) is 2.73. The second kappa shape index (κ2) is 13.2. The number of guanidine groups is 1. The van der Waals surface area contributed by atoms with Gasteiger partial charge in [-0.15, -0.1) is 0 Å². The van der Waals surface area contributed by atoms with E-state index in [1.54, 1.807) is 7.11 Å². The molecule has 1 aromatic rings. The van der Waals surface area contributed by atoms with Crippen molar-refractivity contribution in [3.63, 3.8) is 0 Å². The van der Waals surface area contributed by atoms with Gasteiger partial charge in [-0.25, -0.2) is 4.99 Å². The highest BCUT2D eigenvalue weighted by Gasteiger charge is 2.05. The molecule has 1 heterocycles. The van der Waals surface area contributed by atoms with Crippen molar-refractivity contribution in [2.24, 2.45) is 4.99 Å². The van der Waals surface area contributed by atoms with Gasteiger partial charge in [-0.3, -0.25) is 0 Å². The van der Waals surface area contributed by atoms with Gasteiger partial charge in [-0.2, -0.15) is 0 Å². The third-order valence-electron chi connectivity index (χ3n) is 4.34. The molecule has 6 heteroatoms. The number of hydrogen-bond acceptors (Lipinski definition) is 4. The fourth-order valence-corrected chi connectivity index (χ4v) is 2.73. The monoisotopic (exact) mass is 375 g/mol. The minimum absolute atomic E-state index is 0.626. The minimum atomic E-state index is 0.626. The van der Waals surface area contributed by atoms with Crippen LogP contribution < -0.4 is 15.4 Å². The van der Waals surface area contributed by atoms with Crippen LogP contribution in [0, 0.1) is 0 Å². The lowest BCUT2D eigenvalue weighted by molar-refractivity contribution is 0.145. The molecular formula is C21H33N3O3. The van der Waals surface area contributed by atoms with E-state index in [0.29, 0.717) is 6.54 Å². The average molecular weight is 376 g/mol. The molecule has 1 aromatic carbocycles. The summed E-state index contributed by atoms with van der Waals surface area (Å²) in [5.74, 6) is 1.70. The van der Waals surface area contributed by atoms with Crippen molar-refractivity contribution < 1.29 is 14.2 Å². The van der Waals surface area contributed by atoms with Crippen molar-refractivity contribution in [1.82, 2.24) is 10.6 Å². The van der Waals surface area contributed by atoms with Gasteiger partial charge in [-0.1, -0.05) is 23.8 Å². The Kier molecular flexibility index (Phi) is 10.4. The van der Waals surface area contributed by atoms with Crippen molar-refractivity contribution in [2.75, 3.05) is 46.6 Å². The van der Waals surface area contributed by atoms with Crippen LogP contribution in [-0.4, -0.2) is 52.6 Å². The highest BCUT2D eigenvalue weighted by molar-refractivity contribution is 5.79. The lowest BCUT2D eigenvalue weighted by Gasteiger charge is -2.16. The molecule has 2 rings (SSSR count). The summed E-state index contributed by atoms with van der Waals surface area (Å²) in [5, 5.41) is 6.84. The maximum atomic E-state index is 5.40. The van der Waals surface area contributed by atoms with Gasteiger partial charge in [0.1, 0.15) is 5.75 Å². The Labute approximate surface area is 163 Å². The number of nitrogens with one attached hydrogen (secondary N) is 2. The van der Waals surface area contributed by atoms with Gasteiger partial charge < -0.3 is 24.8 Å². The maximum absolute atomic E-state index is 5.40. The van der Waals surface area contributed by atoms with Crippen LogP contribution >= 0.6 is 0 Å². The predicted octanol–water partition coefficient (Wildman–Crippen LogP) is 2.89. The quantitative estimate of drug-likeness (QED) is 0.269. The van der Waals surface area contributed by atoms with Gasteiger partial charge in [0.05, 0.1) is 26.9 Å². The second-order valence-corrected chi connectivity index (χ2v) is 6.35. The Morgan fingerprint density at radius 1 is 1.19 bits per heavy atom. The van der Waals surface area contributed by atoms with Crippen molar-refractivity contribution in [1.29, 1.82) is 0 Å². The number of rotatable bonds is 11. The molecule has 27 heavy (non-hydrogen) atoms. The van der Waals surface area contributed by atoms with Gasteiger partial charge in [-0.05, 0) is 43.9 Å². The molecule has 0 unspecified atom stereocenters. The third kappa shape index (κ3) is 8.93. The van der Waals surface area contributed by atoms with Gasteiger partial charge in [0.15, 0.2) is 5.96 Å². The Morgan fingerprint density at radius 2 is 2.00 bits per heavy atom. The van der Waals surface area contributed by atoms with E-state index in [4.69, 9.17) is 19.2 Å². The fraction of sp³-hybridized carbons (Fsp3) is 0.571. The van der Waals surface area contributed by atoms with E-state index in [2.05, 4.69) is 16.7 Å². The molecule has 0 bridgehead atoms. The van der Waals surface area contributed by atoms with Crippen molar-refractivity contribution in [3.8, 4) is 5.75 Å². The Morgan fingerprint density at radius 3 is 2.70 bits per heavy atom. The van der Waals surface area contributed by atoms with Crippen molar-refractivity contribution in [2.45, 2.75) is 32.7 Å². The molecule has 150 valence electrons. The highest BCUT2D eigenvalue weighted by atomic mass is 16.5. The van der Waals surface area contributed by atoms with Crippen LogP contribution in [0.5, 0.6) is 5.75 Å². The molecule has 0 atom stereocenters. The number of benzene rings is 1. The van der Waals surface area contributed by atoms with Crippen LogP contribution in [0.1, 0.15) is 31.7 Å². The van der Waals surface area contributed by atoms with Crippen molar-refractivity contribution >= 4 is 5.96 Å². The summed E-state index contributed by atoms with van der Waals surface area (Å²) < 4.78 is 16.0. The first-order valence-corrected chi connectivity index (χ1v) is 9.80. The van der Waals surface area contributed by atoms with E-state index in [1.165, 1.54) is 5.57 Å². The summed E-state index contributed by atoms with van der Waals surface area (Å²) in [6, 6.07) is 8.01. The molecule has 0 saturated carbocycles. The molecule has 0 aromatic heterocycles. The topological polar surface area (TPSA) is 64.1 Å². The number of ether oxygens (including phenoxy) is 3.